The predicted octanol–water partition coefficient (Wildman–Crippen LogP) is 2.07. The fraction of sp³-hybridized carbons (Fsp3) is 0.571. The molecule has 0 aliphatic carbocycles. The number of hydrogen-bond donors (Lipinski definition) is 1. The van der Waals surface area contributed by atoms with Crippen molar-refractivity contribution in [1.82, 2.24) is 10.2 Å². The number of benzene rings is 1. The van der Waals surface area contributed by atoms with Gasteiger partial charge in [0.15, 0.2) is 0 Å². The van der Waals surface area contributed by atoms with Crippen LogP contribution < -0.4 is 14.8 Å². The lowest BCUT2D eigenvalue weighted by atomic mass is 10.1. The zero-order valence-corrected chi connectivity index (χ0v) is 12.5. The number of piperazine rings is 1. The second-order valence-corrected chi connectivity index (χ2v) is 5.14. The summed E-state index contributed by atoms with van der Waals surface area (Å²) in [6.45, 7) is 7.02. The number of rotatable bonds is 4. The van der Waals surface area contributed by atoms with Crippen LogP contribution in [0.3, 0.4) is 0 Å². The maximum absolute atomic E-state index is 6.36. The molecule has 0 bridgehead atoms. The first-order chi connectivity index (χ1) is 9.17. The molecule has 106 valence electrons. The van der Waals surface area contributed by atoms with Crippen molar-refractivity contribution < 1.29 is 9.47 Å². The third-order valence-corrected chi connectivity index (χ3v) is 3.79. The Hall–Kier alpha value is -0.970. The SMILES string of the molecule is COc1c(C)cc(CN2CCNCC2)c(OC)c1Cl. The second kappa shape index (κ2) is 6.46. The van der Waals surface area contributed by atoms with Crippen LogP contribution in [0.15, 0.2) is 6.07 Å². The molecule has 0 aromatic heterocycles. The summed E-state index contributed by atoms with van der Waals surface area (Å²) in [5.74, 6) is 1.42. The summed E-state index contributed by atoms with van der Waals surface area (Å²) in [4.78, 5) is 2.40. The number of nitrogens with zero attached hydrogens (tertiary/aromatic N) is 1. The fourth-order valence-corrected chi connectivity index (χ4v) is 2.93. The van der Waals surface area contributed by atoms with Gasteiger partial charge in [-0.1, -0.05) is 11.6 Å². The van der Waals surface area contributed by atoms with Crippen molar-refractivity contribution in [1.29, 1.82) is 0 Å². The van der Waals surface area contributed by atoms with E-state index in [-0.39, 0.29) is 0 Å². The molecular weight excluding hydrogens is 264 g/mol. The lowest BCUT2D eigenvalue weighted by Crippen LogP contribution is -2.42. The molecule has 5 heteroatoms. The molecule has 0 unspecified atom stereocenters. The number of methoxy groups -OCH3 is 2. The normalized spacial score (nSPS) is 16.4. The molecule has 19 heavy (non-hydrogen) atoms. The van der Waals surface area contributed by atoms with Crippen LogP contribution in [-0.2, 0) is 6.54 Å². The minimum absolute atomic E-state index is 0.565. The molecule has 1 N–H and O–H groups in total. The molecule has 0 amide bonds. The van der Waals surface area contributed by atoms with Crippen LogP contribution in [0.25, 0.3) is 0 Å². The first-order valence-corrected chi connectivity index (χ1v) is 6.88. The molecule has 1 fully saturated rings. The van der Waals surface area contributed by atoms with E-state index in [1.165, 1.54) is 0 Å². The molecular formula is C14H21ClN2O2. The molecule has 1 aliphatic rings. The Morgan fingerprint density at radius 2 is 1.84 bits per heavy atom. The van der Waals surface area contributed by atoms with Crippen LogP contribution >= 0.6 is 11.6 Å². The number of nitrogens with one attached hydrogen (secondary N) is 1. The highest BCUT2D eigenvalue weighted by Gasteiger charge is 2.19. The van der Waals surface area contributed by atoms with E-state index in [2.05, 4.69) is 16.3 Å². The molecule has 0 radical (unpaired) electrons. The van der Waals surface area contributed by atoms with Crippen molar-refractivity contribution in [2.45, 2.75) is 13.5 Å². The summed E-state index contributed by atoms with van der Waals surface area (Å²) in [6.07, 6.45) is 0. The smallest absolute Gasteiger partial charge is 0.145 e. The molecule has 1 aliphatic heterocycles. The van der Waals surface area contributed by atoms with Gasteiger partial charge in [-0.25, -0.2) is 0 Å². The molecule has 1 heterocycles. The fourth-order valence-electron chi connectivity index (χ4n) is 2.51. The summed E-state index contributed by atoms with van der Waals surface area (Å²) in [5.41, 5.74) is 2.16. The average Bonchev–Trinajstić information content (AvgIpc) is 2.40. The third kappa shape index (κ3) is 3.14. The molecule has 1 aromatic carbocycles. The van der Waals surface area contributed by atoms with Crippen LogP contribution in [-0.4, -0.2) is 45.3 Å². The molecule has 1 aromatic rings. The van der Waals surface area contributed by atoms with E-state index in [1.807, 2.05) is 6.92 Å². The Kier molecular flexibility index (Phi) is 4.91. The summed E-state index contributed by atoms with van der Waals surface area (Å²) in [7, 11) is 3.28. The van der Waals surface area contributed by atoms with Crippen molar-refractivity contribution in [3.8, 4) is 11.5 Å². The van der Waals surface area contributed by atoms with Gasteiger partial charge in [-0.15, -0.1) is 0 Å². The second-order valence-electron chi connectivity index (χ2n) is 4.76. The van der Waals surface area contributed by atoms with Crippen molar-refractivity contribution >= 4 is 11.6 Å². The van der Waals surface area contributed by atoms with Gasteiger partial charge in [0.25, 0.3) is 0 Å². The average molecular weight is 285 g/mol. The Morgan fingerprint density at radius 3 is 2.42 bits per heavy atom. The van der Waals surface area contributed by atoms with E-state index < -0.39 is 0 Å². The highest BCUT2D eigenvalue weighted by molar-refractivity contribution is 6.33. The first-order valence-electron chi connectivity index (χ1n) is 6.50. The van der Waals surface area contributed by atoms with E-state index in [0.717, 1.165) is 49.6 Å². The molecule has 0 atom stereocenters. The standard InChI is InChI=1S/C14H21ClN2O2/c1-10-8-11(9-17-6-4-16-5-7-17)14(19-3)12(15)13(10)18-2/h8,16H,4-7,9H2,1-3H3. The molecule has 4 nitrogen and oxygen atoms in total. The van der Waals surface area contributed by atoms with E-state index >= 15 is 0 Å². The Bertz CT molecular complexity index is 446. The maximum atomic E-state index is 6.36. The number of aryl methyl sites for hydroxylation is 1. The Balaban J connectivity index is 2.28. The monoisotopic (exact) mass is 284 g/mol. The van der Waals surface area contributed by atoms with Crippen molar-refractivity contribution in [2.75, 3.05) is 40.4 Å². The van der Waals surface area contributed by atoms with Crippen LogP contribution in [0, 0.1) is 6.92 Å². The zero-order valence-electron chi connectivity index (χ0n) is 11.8. The van der Waals surface area contributed by atoms with Crippen LogP contribution in [0.5, 0.6) is 11.5 Å². The Morgan fingerprint density at radius 1 is 1.21 bits per heavy atom. The van der Waals surface area contributed by atoms with E-state index in [1.54, 1.807) is 14.2 Å². The largest absolute Gasteiger partial charge is 0.495 e. The predicted molar refractivity (Wildman–Crippen MR) is 77.4 cm³/mol. The van der Waals surface area contributed by atoms with Gasteiger partial charge in [0.05, 0.1) is 14.2 Å². The van der Waals surface area contributed by atoms with Crippen molar-refractivity contribution in [3.63, 3.8) is 0 Å². The van der Waals surface area contributed by atoms with Gasteiger partial charge in [-0.3, -0.25) is 4.90 Å². The quantitative estimate of drug-likeness (QED) is 0.918. The molecule has 2 rings (SSSR count). The molecule has 1 saturated heterocycles. The summed E-state index contributed by atoms with van der Waals surface area (Å²) in [5, 5.41) is 3.92. The topological polar surface area (TPSA) is 33.7 Å². The van der Waals surface area contributed by atoms with Gasteiger partial charge in [0, 0.05) is 38.3 Å². The Labute approximate surface area is 119 Å². The van der Waals surface area contributed by atoms with Crippen molar-refractivity contribution in [3.05, 3.63) is 22.2 Å². The van der Waals surface area contributed by atoms with E-state index in [0.29, 0.717) is 10.8 Å². The summed E-state index contributed by atoms with van der Waals surface area (Å²) >= 11 is 6.36. The molecule has 0 spiro atoms. The number of hydrogen-bond acceptors (Lipinski definition) is 4. The number of ether oxygens (including phenoxy) is 2. The minimum Gasteiger partial charge on any atom is -0.495 e. The van der Waals surface area contributed by atoms with Gasteiger partial charge >= 0.3 is 0 Å². The highest BCUT2D eigenvalue weighted by atomic mass is 35.5. The summed E-state index contributed by atoms with van der Waals surface area (Å²) in [6, 6.07) is 2.10. The van der Waals surface area contributed by atoms with Gasteiger partial charge in [0.1, 0.15) is 16.5 Å². The van der Waals surface area contributed by atoms with Crippen LogP contribution in [0.1, 0.15) is 11.1 Å². The lowest BCUT2D eigenvalue weighted by molar-refractivity contribution is 0.230. The maximum Gasteiger partial charge on any atom is 0.145 e. The minimum atomic E-state index is 0.565. The zero-order chi connectivity index (χ0) is 13.8. The lowest BCUT2D eigenvalue weighted by Gasteiger charge is -2.28. The van der Waals surface area contributed by atoms with E-state index in [9.17, 15) is 0 Å². The van der Waals surface area contributed by atoms with Crippen LogP contribution in [0.2, 0.25) is 5.02 Å². The van der Waals surface area contributed by atoms with E-state index in [4.69, 9.17) is 21.1 Å². The van der Waals surface area contributed by atoms with Gasteiger partial charge < -0.3 is 14.8 Å². The van der Waals surface area contributed by atoms with Gasteiger partial charge in [-0.2, -0.15) is 0 Å². The molecule has 0 saturated carbocycles. The third-order valence-electron chi connectivity index (χ3n) is 3.45. The van der Waals surface area contributed by atoms with Gasteiger partial charge in [-0.05, 0) is 18.6 Å². The van der Waals surface area contributed by atoms with Crippen molar-refractivity contribution in [2.24, 2.45) is 0 Å². The van der Waals surface area contributed by atoms with Crippen LogP contribution in [0.4, 0.5) is 0 Å². The first kappa shape index (κ1) is 14.4. The number of halogens is 1. The highest BCUT2D eigenvalue weighted by Crippen LogP contribution is 2.40. The van der Waals surface area contributed by atoms with Gasteiger partial charge in [0.2, 0.25) is 0 Å². The summed E-state index contributed by atoms with van der Waals surface area (Å²) < 4.78 is 10.8.